The first-order valence-corrected chi connectivity index (χ1v) is 7.33. The van der Waals surface area contributed by atoms with Gasteiger partial charge in [0.25, 0.3) is 5.91 Å². The second-order valence-corrected chi connectivity index (χ2v) is 5.46. The fraction of sp³-hybridized carbons (Fsp3) is 0.462. The van der Waals surface area contributed by atoms with Gasteiger partial charge in [-0.25, -0.2) is 4.98 Å². The van der Waals surface area contributed by atoms with Crippen molar-refractivity contribution in [2.45, 2.75) is 26.3 Å². The molecule has 0 radical (unpaired) electrons. The summed E-state index contributed by atoms with van der Waals surface area (Å²) in [6.45, 7) is 2.44. The van der Waals surface area contributed by atoms with Crippen molar-refractivity contribution in [1.82, 2.24) is 15.5 Å². The van der Waals surface area contributed by atoms with Crippen molar-refractivity contribution in [1.29, 1.82) is 0 Å². The second-order valence-electron chi connectivity index (χ2n) is 4.63. The van der Waals surface area contributed by atoms with E-state index in [1.807, 2.05) is 31.3 Å². The van der Waals surface area contributed by atoms with E-state index in [9.17, 15) is 4.79 Å². The normalized spacial score (nSPS) is 10.6. The molecule has 0 saturated carbocycles. The number of anilines is 1. The largest absolute Gasteiger partial charge is 0.361 e. The number of aryl methyl sites for hydroxylation is 1. The second kappa shape index (κ2) is 6.51. The minimum absolute atomic E-state index is 0.240. The summed E-state index contributed by atoms with van der Waals surface area (Å²) in [5.74, 6) is 0.497. The van der Waals surface area contributed by atoms with Crippen molar-refractivity contribution in [2.24, 2.45) is 0 Å². The van der Waals surface area contributed by atoms with Crippen LogP contribution in [0.5, 0.6) is 0 Å². The van der Waals surface area contributed by atoms with Gasteiger partial charge in [0.05, 0.1) is 12.2 Å². The fourth-order valence-electron chi connectivity index (χ4n) is 1.63. The van der Waals surface area contributed by atoms with Crippen LogP contribution >= 0.6 is 11.3 Å². The maximum absolute atomic E-state index is 11.9. The van der Waals surface area contributed by atoms with E-state index in [0.29, 0.717) is 12.2 Å². The van der Waals surface area contributed by atoms with Gasteiger partial charge >= 0.3 is 0 Å². The summed E-state index contributed by atoms with van der Waals surface area (Å²) in [5.41, 5.74) is 1.15. The standard InChI is InChI=1S/C13H18N4O2S/c1-4-5-10-6-11(16-19-10)12(18)14-7-9-8-20-13(15-9)17(2)3/h6,8H,4-5,7H2,1-3H3,(H,14,18). The minimum atomic E-state index is -0.240. The number of aromatic nitrogens is 2. The average molecular weight is 294 g/mol. The smallest absolute Gasteiger partial charge is 0.273 e. The van der Waals surface area contributed by atoms with Crippen LogP contribution in [0.1, 0.15) is 35.3 Å². The Bertz CT molecular complexity index is 576. The van der Waals surface area contributed by atoms with Crippen LogP contribution in [0, 0.1) is 0 Å². The molecule has 2 aromatic rings. The van der Waals surface area contributed by atoms with E-state index in [1.165, 1.54) is 0 Å². The van der Waals surface area contributed by atoms with Crippen molar-refractivity contribution in [3.63, 3.8) is 0 Å². The highest BCUT2D eigenvalue weighted by molar-refractivity contribution is 7.13. The van der Waals surface area contributed by atoms with Crippen LogP contribution in [0.2, 0.25) is 0 Å². The van der Waals surface area contributed by atoms with E-state index in [0.717, 1.165) is 29.4 Å². The lowest BCUT2D eigenvalue weighted by Crippen LogP contribution is -2.23. The van der Waals surface area contributed by atoms with E-state index in [-0.39, 0.29) is 5.91 Å². The van der Waals surface area contributed by atoms with E-state index >= 15 is 0 Å². The van der Waals surface area contributed by atoms with Crippen molar-refractivity contribution in [3.8, 4) is 0 Å². The number of carbonyl (C=O) groups is 1. The monoisotopic (exact) mass is 294 g/mol. The maximum atomic E-state index is 11.9. The molecule has 0 fully saturated rings. The number of rotatable bonds is 6. The molecule has 0 spiro atoms. The molecule has 1 amide bonds. The Morgan fingerprint density at radius 1 is 1.50 bits per heavy atom. The Labute approximate surface area is 121 Å². The third-order valence-corrected chi connectivity index (χ3v) is 3.70. The Kier molecular flexibility index (Phi) is 4.73. The number of thiazole rings is 1. The molecule has 0 aliphatic heterocycles. The molecule has 1 N–H and O–H groups in total. The van der Waals surface area contributed by atoms with Gasteiger partial charge < -0.3 is 14.7 Å². The topological polar surface area (TPSA) is 71.3 Å². The van der Waals surface area contributed by atoms with Gasteiger partial charge in [-0.15, -0.1) is 11.3 Å². The quantitative estimate of drug-likeness (QED) is 0.883. The summed E-state index contributed by atoms with van der Waals surface area (Å²) in [6.07, 6.45) is 1.75. The lowest BCUT2D eigenvalue weighted by Gasteiger charge is -2.05. The predicted molar refractivity (Wildman–Crippen MR) is 78.1 cm³/mol. The van der Waals surface area contributed by atoms with E-state index in [1.54, 1.807) is 17.4 Å². The number of hydrogen-bond donors (Lipinski definition) is 1. The Hall–Kier alpha value is -1.89. The molecule has 7 heteroatoms. The van der Waals surface area contributed by atoms with Crippen molar-refractivity contribution in [2.75, 3.05) is 19.0 Å². The van der Waals surface area contributed by atoms with Crippen molar-refractivity contribution < 1.29 is 9.32 Å². The highest BCUT2D eigenvalue weighted by atomic mass is 32.1. The lowest BCUT2D eigenvalue weighted by atomic mass is 10.2. The Morgan fingerprint density at radius 2 is 2.30 bits per heavy atom. The van der Waals surface area contributed by atoms with Crippen LogP contribution in [-0.2, 0) is 13.0 Å². The Morgan fingerprint density at radius 3 is 2.95 bits per heavy atom. The van der Waals surface area contributed by atoms with Gasteiger partial charge in [0, 0.05) is 32.0 Å². The zero-order valence-electron chi connectivity index (χ0n) is 11.8. The molecule has 0 atom stereocenters. The molecular formula is C13H18N4O2S. The molecule has 2 rings (SSSR count). The molecular weight excluding hydrogens is 276 g/mol. The molecule has 2 heterocycles. The molecule has 0 aromatic carbocycles. The van der Waals surface area contributed by atoms with Gasteiger partial charge in [-0.3, -0.25) is 4.79 Å². The SMILES string of the molecule is CCCc1cc(C(=O)NCc2csc(N(C)C)n2)no1. The lowest BCUT2D eigenvalue weighted by molar-refractivity contribution is 0.0941. The van der Waals surface area contributed by atoms with Crippen molar-refractivity contribution >= 4 is 22.4 Å². The van der Waals surface area contributed by atoms with Gasteiger partial charge in [0.1, 0.15) is 5.76 Å². The summed E-state index contributed by atoms with van der Waals surface area (Å²) < 4.78 is 5.08. The summed E-state index contributed by atoms with van der Waals surface area (Å²) in [4.78, 5) is 18.2. The first-order valence-electron chi connectivity index (χ1n) is 6.45. The zero-order valence-corrected chi connectivity index (χ0v) is 12.7. The van der Waals surface area contributed by atoms with Gasteiger partial charge in [-0.05, 0) is 6.42 Å². The highest BCUT2D eigenvalue weighted by Crippen LogP contribution is 2.17. The molecule has 0 aliphatic carbocycles. The third kappa shape index (κ3) is 3.57. The molecule has 0 unspecified atom stereocenters. The number of amides is 1. The number of carbonyl (C=O) groups excluding carboxylic acids is 1. The summed E-state index contributed by atoms with van der Waals surface area (Å²) >= 11 is 1.55. The van der Waals surface area contributed by atoms with E-state index in [4.69, 9.17) is 4.52 Å². The van der Waals surface area contributed by atoms with Gasteiger partial charge in [-0.2, -0.15) is 0 Å². The van der Waals surface area contributed by atoms with E-state index < -0.39 is 0 Å². The average Bonchev–Trinajstić information content (AvgIpc) is 3.05. The van der Waals surface area contributed by atoms with Crippen LogP contribution in [-0.4, -0.2) is 30.1 Å². The van der Waals surface area contributed by atoms with Crippen LogP contribution < -0.4 is 10.2 Å². The van der Waals surface area contributed by atoms with Crippen LogP contribution in [0.3, 0.4) is 0 Å². The molecule has 20 heavy (non-hydrogen) atoms. The summed E-state index contributed by atoms with van der Waals surface area (Å²) in [7, 11) is 3.87. The van der Waals surface area contributed by atoms with Crippen LogP contribution in [0.15, 0.2) is 16.0 Å². The van der Waals surface area contributed by atoms with E-state index in [2.05, 4.69) is 15.5 Å². The van der Waals surface area contributed by atoms with Gasteiger partial charge in [-0.1, -0.05) is 12.1 Å². The maximum Gasteiger partial charge on any atom is 0.273 e. The van der Waals surface area contributed by atoms with Crippen molar-refractivity contribution in [3.05, 3.63) is 28.6 Å². The first-order chi connectivity index (χ1) is 9.60. The predicted octanol–water partition coefficient (Wildman–Crippen LogP) is 2.08. The molecule has 108 valence electrons. The zero-order chi connectivity index (χ0) is 14.5. The van der Waals surface area contributed by atoms with Crippen LogP contribution in [0.4, 0.5) is 5.13 Å². The molecule has 0 bridgehead atoms. The third-order valence-electron chi connectivity index (χ3n) is 2.64. The summed E-state index contributed by atoms with van der Waals surface area (Å²) in [5, 5.41) is 9.40. The fourth-order valence-corrected chi connectivity index (χ4v) is 2.39. The Balaban J connectivity index is 1.90. The summed E-state index contributed by atoms with van der Waals surface area (Å²) in [6, 6.07) is 1.69. The highest BCUT2D eigenvalue weighted by Gasteiger charge is 2.12. The molecule has 6 nitrogen and oxygen atoms in total. The molecule has 0 aliphatic rings. The van der Waals surface area contributed by atoms with Gasteiger partial charge in [0.15, 0.2) is 10.8 Å². The minimum Gasteiger partial charge on any atom is -0.361 e. The molecule has 2 aromatic heterocycles. The number of hydrogen-bond acceptors (Lipinski definition) is 6. The van der Waals surface area contributed by atoms with Crippen LogP contribution in [0.25, 0.3) is 0 Å². The molecule has 0 saturated heterocycles. The number of nitrogens with one attached hydrogen (secondary N) is 1. The van der Waals surface area contributed by atoms with Gasteiger partial charge in [0.2, 0.25) is 0 Å². The number of nitrogens with zero attached hydrogens (tertiary/aromatic N) is 3. The first kappa shape index (κ1) is 14.5.